The van der Waals surface area contributed by atoms with Crippen LogP contribution in [-0.2, 0) is 15.6 Å². The standard InChI is InChI=1S/C12H17FN2O2S/c1-15(8-4-7-14)12(16)9-18(17)11-6-3-2-5-10(11)13/h2-3,5-6H,4,7-9,14H2,1H3. The van der Waals surface area contributed by atoms with Crippen LogP contribution >= 0.6 is 0 Å². The molecule has 0 aliphatic carbocycles. The SMILES string of the molecule is CN(CCCN)C(=O)CS(=O)c1ccccc1F. The van der Waals surface area contributed by atoms with Gasteiger partial charge in [0.2, 0.25) is 5.91 Å². The Bertz CT molecular complexity index is 440. The Hall–Kier alpha value is -1.27. The van der Waals surface area contributed by atoms with Gasteiger partial charge in [0.1, 0.15) is 11.6 Å². The molecule has 18 heavy (non-hydrogen) atoms. The normalized spacial score (nSPS) is 12.2. The fourth-order valence-electron chi connectivity index (χ4n) is 1.38. The molecule has 1 unspecified atom stereocenters. The maximum absolute atomic E-state index is 13.4. The summed E-state index contributed by atoms with van der Waals surface area (Å²) in [7, 11) is -0.0271. The second-order valence-corrected chi connectivity index (χ2v) is 5.30. The summed E-state index contributed by atoms with van der Waals surface area (Å²) in [5.74, 6) is -1.03. The molecule has 0 saturated carbocycles. The van der Waals surface area contributed by atoms with E-state index >= 15 is 0 Å². The second-order valence-electron chi connectivity index (χ2n) is 3.88. The molecule has 0 fully saturated rings. The van der Waals surface area contributed by atoms with Gasteiger partial charge in [-0.05, 0) is 25.1 Å². The molecule has 1 rings (SSSR count). The quantitative estimate of drug-likeness (QED) is 0.831. The number of carbonyl (C=O) groups is 1. The van der Waals surface area contributed by atoms with Gasteiger partial charge in [0, 0.05) is 13.6 Å². The number of hydrogen-bond acceptors (Lipinski definition) is 3. The Labute approximate surface area is 108 Å². The van der Waals surface area contributed by atoms with E-state index in [1.165, 1.54) is 23.1 Å². The molecule has 0 bridgehead atoms. The highest BCUT2D eigenvalue weighted by molar-refractivity contribution is 7.85. The van der Waals surface area contributed by atoms with Crippen molar-refractivity contribution in [3.8, 4) is 0 Å². The van der Waals surface area contributed by atoms with Crippen LogP contribution in [0.3, 0.4) is 0 Å². The number of nitrogens with zero attached hydrogens (tertiary/aromatic N) is 1. The summed E-state index contributed by atoms with van der Waals surface area (Å²) in [6, 6.07) is 5.78. The highest BCUT2D eigenvalue weighted by Crippen LogP contribution is 2.12. The van der Waals surface area contributed by atoms with Crippen molar-refractivity contribution in [2.24, 2.45) is 5.73 Å². The summed E-state index contributed by atoms with van der Waals surface area (Å²) in [5, 5.41) is 0. The van der Waals surface area contributed by atoms with Crippen LogP contribution in [0.2, 0.25) is 0 Å². The zero-order chi connectivity index (χ0) is 13.5. The highest BCUT2D eigenvalue weighted by atomic mass is 32.2. The Morgan fingerprint density at radius 1 is 1.44 bits per heavy atom. The molecule has 0 heterocycles. The summed E-state index contributed by atoms with van der Waals surface area (Å²) in [5.41, 5.74) is 5.34. The molecule has 100 valence electrons. The highest BCUT2D eigenvalue weighted by Gasteiger charge is 2.16. The molecule has 1 aromatic rings. The van der Waals surface area contributed by atoms with Crippen molar-refractivity contribution in [1.82, 2.24) is 4.90 Å². The third-order valence-electron chi connectivity index (χ3n) is 2.46. The Balaban J connectivity index is 2.60. The van der Waals surface area contributed by atoms with Crippen LogP contribution in [0.5, 0.6) is 0 Å². The van der Waals surface area contributed by atoms with E-state index in [9.17, 15) is 13.4 Å². The zero-order valence-electron chi connectivity index (χ0n) is 10.3. The van der Waals surface area contributed by atoms with Crippen LogP contribution in [0.4, 0.5) is 4.39 Å². The molecule has 1 aromatic carbocycles. The number of nitrogens with two attached hydrogens (primary N) is 1. The average molecular weight is 272 g/mol. The summed E-state index contributed by atoms with van der Waals surface area (Å²) in [6.45, 7) is 1.01. The Morgan fingerprint density at radius 2 is 2.11 bits per heavy atom. The van der Waals surface area contributed by atoms with Crippen LogP contribution in [-0.4, -0.2) is 40.9 Å². The molecule has 0 saturated heterocycles. The van der Waals surface area contributed by atoms with Gasteiger partial charge in [0.05, 0.1) is 15.7 Å². The summed E-state index contributed by atoms with van der Waals surface area (Å²) in [6.07, 6.45) is 0.689. The maximum Gasteiger partial charge on any atom is 0.235 e. The van der Waals surface area contributed by atoms with Gasteiger partial charge in [-0.2, -0.15) is 0 Å². The third kappa shape index (κ3) is 4.19. The minimum Gasteiger partial charge on any atom is -0.345 e. The predicted molar refractivity (Wildman–Crippen MR) is 69.0 cm³/mol. The molecule has 1 atom stereocenters. The van der Waals surface area contributed by atoms with Gasteiger partial charge in [0.25, 0.3) is 0 Å². The fourth-order valence-corrected chi connectivity index (χ4v) is 2.50. The summed E-state index contributed by atoms with van der Waals surface area (Å²) >= 11 is 0. The fraction of sp³-hybridized carbons (Fsp3) is 0.417. The molecular weight excluding hydrogens is 255 g/mol. The molecule has 6 heteroatoms. The Kier molecular flexibility index (Phi) is 5.94. The monoisotopic (exact) mass is 272 g/mol. The van der Waals surface area contributed by atoms with E-state index in [4.69, 9.17) is 5.73 Å². The van der Waals surface area contributed by atoms with Crippen molar-refractivity contribution in [1.29, 1.82) is 0 Å². The first-order valence-corrected chi connectivity index (χ1v) is 6.95. The molecule has 1 amide bonds. The van der Waals surface area contributed by atoms with Gasteiger partial charge in [-0.1, -0.05) is 12.1 Å². The van der Waals surface area contributed by atoms with E-state index in [1.54, 1.807) is 13.1 Å². The molecule has 0 aliphatic heterocycles. The zero-order valence-corrected chi connectivity index (χ0v) is 11.1. The third-order valence-corrected chi connectivity index (χ3v) is 3.79. The second kappa shape index (κ2) is 7.23. The lowest BCUT2D eigenvalue weighted by Crippen LogP contribution is -2.32. The van der Waals surface area contributed by atoms with Gasteiger partial charge in [-0.25, -0.2) is 4.39 Å². The van der Waals surface area contributed by atoms with Gasteiger partial charge < -0.3 is 10.6 Å². The van der Waals surface area contributed by atoms with Crippen molar-refractivity contribution in [3.63, 3.8) is 0 Å². The van der Waals surface area contributed by atoms with Gasteiger partial charge in [0.15, 0.2) is 0 Å². The van der Waals surface area contributed by atoms with E-state index < -0.39 is 16.6 Å². The van der Waals surface area contributed by atoms with Crippen molar-refractivity contribution in [2.75, 3.05) is 25.9 Å². The first-order valence-electron chi connectivity index (χ1n) is 5.63. The van der Waals surface area contributed by atoms with Crippen molar-refractivity contribution >= 4 is 16.7 Å². The predicted octanol–water partition coefficient (Wildman–Crippen LogP) is 0.741. The molecule has 0 radical (unpaired) electrons. The number of halogens is 1. The van der Waals surface area contributed by atoms with E-state index in [0.717, 1.165) is 0 Å². The van der Waals surface area contributed by atoms with E-state index in [0.29, 0.717) is 19.5 Å². The first-order chi connectivity index (χ1) is 8.56. The lowest BCUT2D eigenvalue weighted by Gasteiger charge is -2.16. The molecule has 0 aromatic heterocycles. The van der Waals surface area contributed by atoms with Crippen molar-refractivity contribution in [2.45, 2.75) is 11.3 Å². The van der Waals surface area contributed by atoms with Gasteiger partial charge in [-0.3, -0.25) is 9.00 Å². The molecule has 4 nitrogen and oxygen atoms in total. The van der Waals surface area contributed by atoms with Gasteiger partial charge >= 0.3 is 0 Å². The summed E-state index contributed by atoms with van der Waals surface area (Å²) < 4.78 is 25.2. The lowest BCUT2D eigenvalue weighted by atomic mass is 10.3. The average Bonchev–Trinajstić information content (AvgIpc) is 2.36. The minimum absolute atomic E-state index is 0.0677. The van der Waals surface area contributed by atoms with Crippen LogP contribution in [0, 0.1) is 5.82 Å². The van der Waals surface area contributed by atoms with Crippen LogP contribution < -0.4 is 5.73 Å². The number of benzene rings is 1. The topological polar surface area (TPSA) is 63.4 Å². The van der Waals surface area contributed by atoms with E-state index in [1.807, 2.05) is 0 Å². The molecule has 2 N–H and O–H groups in total. The molecular formula is C12H17FN2O2S. The summed E-state index contributed by atoms with van der Waals surface area (Å²) in [4.78, 5) is 13.2. The Morgan fingerprint density at radius 3 is 2.72 bits per heavy atom. The molecule has 0 spiro atoms. The largest absolute Gasteiger partial charge is 0.345 e. The van der Waals surface area contributed by atoms with Crippen LogP contribution in [0.25, 0.3) is 0 Å². The first kappa shape index (κ1) is 14.8. The molecule has 0 aliphatic rings. The van der Waals surface area contributed by atoms with E-state index in [-0.39, 0.29) is 16.6 Å². The number of hydrogen-bond donors (Lipinski definition) is 1. The van der Waals surface area contributed by atoms with Crippen LogP contribution in [0.15, 0.2) is 29.2 Å². The number of rotatable bonds is 6. The lowest BCUT2D eigenvalue weighted by molar-refractivity contribution is -0.127. The van der Waals surface area contributed by atoms with Crippen molar-refractivity contribution in [3.05, 3.63) is 30.1 Å². The minimum atomic E-state index is -1.65. The number of carbonyl (C=O) groups excluding carboxylic acids is 1. The maximum atomic E-state index is 13.4. The smallest absolute Gasteiger partial charge is 0.235 e. The van der Waals surface area contributed by atoms with Gasteiger partial charge in [-0.15, -0.1) is 0 Å². The van der Waals surface area contributed by atoms with Crippen LogP contribution in [0.1, 0.15) is 6.42 Å². The number of amides is 1. The van der Waals surface area contributed by atoms with E-state index in [2.05, 4.69) is 0 Å². The van der Waals surface area contributed by atoms with Crippen molar-refractivity contribution < 1.29 is 13.4 Å².